The van der Waals surface area contributed by atoms with Gasteiger partial charge in [0.2, 0.25) is 0 Å². The van der Waals surface area contributed by atoms with E-state index in [0.717, 1.165) is 12.8 Å². The molecule has 0 saturated heterocycles. The maximum Gasteiger partial charge on any atom is 0.490 e. The van der Waals surface area contributed by atoms with Crippen LogP contribution in [0.25, 0.3) is 0 Å². The molecule has 0 heterocycles. The topological polar surface area (TPSA) is 92.4 Å². The third kappa shape index (κ3) is 6.32. The van der Waals surface area contributed by atoms with E-state index in [1.54, 1.807) is 0 Å². The van der Waals surface area contributed by atoms with Crippen LogP contribution in [-0.4, -0.2) is 35.7 Å². The lowest BCUT2D eigenvalue weighted by Crippen LogP contribution is -2.46. The van der Waals surface area contributed by atoms with E-state index in [4.69, 9.17) is 27.2 Å². The molecular formula is C14H15ClF4N2O3. The Kier molecular flexibility index (Phi) is 6.97. The van der Waals surface area contributed by atoms with Crippen LogP contribution in [0.2, 0.25) is 5.02 Å². The van der Waals surface area contributed by atoms with Gasteiger partial charge in [-0.3, -0.25) is 4.79 Å². The molecule has 2 rings (SSSR count). The van der Waals surface area contributed by atoms with Crippen molar-refractivity contribution in [3.8, 4) is 0 Å². The maximum absolute atomic E-state index is 13.1. The summed E-state index contributed by atoms with van der Waals surface area (Å²) in [5, 5.41) is 10.2. The lowest BCUT2D eigenvalue weighted by Gasteiger charge is -2.34. The summed E-state index contributed by atoms with van der Waals surface area (Å²) in [5.41, 5.74) is 5.75. The van der Waals surface area contributed by atoms with Gasteiger partial charge in [0.25, 0.3) is 5.91 Å². The first-order chi connectivity index (χ1) is 11.0. The van der Waals surface area contributed by atoms with Gasteiger partial charge in [-0.2, -0.15) is 13.2 Å². The van der Waals surface area contributed by atoms with Gasteiger partial charge in [0, 0.05) is 16.6 Å². The minimum Gasteiger partial charge on any atom is -0.475 e. The zero-order valence-corrected chi connectivity index (χ0v) is 13.0. The highest BCUT2D eigenvalue weighted by atomic mass is 35.5. The number of carbonyl (C=O) groups excluding carboxylic acids is 1. The van der Waals surface area contributed by atoms with Crippen LogP contribution in [0.5, 0.6) is 0 Å². The lowest BCUT2D eigenvalue weighted by atomic mass is 9.80. The highest BCUT2D eigenvalue weighted by Crippen LogP contribution is 2.26. The van der Waals surface area contributed by atoms with Gasteiger partial charge in [-0.1, -0.05) is 11.6 Å². The molecule has 24 heavy (non-hydrogen) atoms. The normalized spacial score (nSPS) is 19.6. The summed E-state index contributed by atoms with van der Waals surface area (Å²) < 4.78 is 44.8. The minimum absolute atomic E-state index is 0.151. The zero-order chi connectivity index (χ0) is 18.5. The van der Waals surface area contributed by atoms with E-state index in [2.05, 4.69) is 5.32 Å². The van der Waals surface area contributed by atoms with Crippen molar-refractivity contribution in [2.45, 2.75) is 25.1 Å². The van der Waals surface area contributed by atoms with Crippen LogP contribution in [0, 0.1) is 11.7 Å². The summed E-state index contributed by atoms with van der Waals surface area (Å²) in [4.78, 5) is 20.7. The third-order valence-electron chi connectivity index (χ3n) is 3.27. The Morgan fingerprint density at radius 3 is 2.25 bits per heavy atom. The fourth-order valence-corrected chi connectivity index (χ4v) is 2.22. The second-order valence-corrected chi connectivity index (χ2v) is 5.64. The summed E-state index contributed by atoms with van der Waals surface area (Å²) in [7, 11) is 0. The molecule has 1 amide bonds. The van der Waals surface area contributed by atoms with Gasteiger partial charge >= 0.3 is 12.1 Å². The Bertz CT molecular complexity index is 584. The number of carboxylic acid groups (broad SMARTS) is 1. The van der Waals surface area contributed by atoms with Gasteiger partial charge in [0.1, 0.15) is 5.82 Å². The van der Waals surface area contributed by atoms with Crippen LogP contribution in [0.1, 0.15) is 23.2 Å². The molecule has 0 bridgehead atoms. The molecule has 1 aliphatic rings. The highest BCUT2D eigenvalue weighted by Gasteiger charge is 2.38. The fourth-order valence-electron chi connectivity index (χ4n) is 2.00. The number of benzene rings is 1. The van der Waals surface area contributed by atoms with Gasteiger partial charge in [0.05, 0.1) is 0 Å². The van der Waals surface area contributed by atoms with Gasteiger partial charge in [-0.25, -0.2) is 9.18 Å². The Hall–Kier alpha value is -1.87. The molecule has 0 aliphatic heterocycles. The molecule has 10 heteroatoms. The third-order valence-corrected chi connectivity index (χ3v) is 3.49. The van der Waals surface area contributed by atoms with E-state index in [0.29, 0.717) is 12.5 Å². The lowest BCUT2D eigenvalue weighted by molar-refractivity contribution is -0.192. The van der Waals surface area contributed by atoms with Crippen molar-refractivity contribution in [1.29, 1.82) is 0 Å². The number of hydrogen-bond acceptors (Lipinski definition) is 3. The first-order valence-electron chi connectivity index (χ1n) is 6.80. The molecule has 0 unspecified atom stereocenters. The van der Waals surface area contributed by atoms with E-state index in [9.17, 15) is 22.4 Å². The van der Waals surface area contributed by atoms with Crippen molar-refractivity contribution in [1.82, 2.24) is 5.32 Å². The van der Waals surface area contributed by atoms with Crippen LogP contribution in [0.3, 0.4) is 0 Å². The molecule has 0 aromatic heterocycles. The summed E-state index contributed by atoms with van der Waals surface area (Å²) in [6.07, 6.45) is -3.30. The quantitative estimate of drug-likeness (QED) is 0.713. The average Bonchev–Trinajstić information content (AvgIpc) is 2.40. The number of carbonyl (C=O) groups is 2. The fraction of sp³-hybridized carbons (Fsp3) is 0.429. The number of aliphatic carboxylic acids is 1. The Labute approximate surface area is 139 Å². The maximum atomic E-state index is 13.1. The van der Waals surface area contributed by atoms with Crippen LogP contribution < -0.4 is 11.1 Å². The molecule has 1 saturated carbocycles. The van der Waals surface area contributed by atoms with Gasteiger partial charge in [-0.05, 0) is 43.5 Å². The van der Waals surface area contributed by atoms with Crippen LogP contribution >= 0.6 is 11.6 Å². The number of rotatable bonds is 3. The average molecular weight is 371 g/mol. The van der Waals surface area contributed by atoms with Crippen molar-refractivity contribution in [3.05, 3.63) is 34.6 Å². The first kappa shape index (κ1) is 20.2. The number of hydrogen-bond donors (Lipinski definition) is 3. The summed E-state index contributed by atoms with van der Waals surface area (Å²) in [6.45, 7) is 0.651. The van der Waals surface area contributed by atoms with Crippen LogP contribution in [0.15, 0.2) is 18.2 Å². The largest absolute Gasteiger partial charge is 0.490 e. The zero-order valence-electron chi connectivity index (χ0n) is 12.2. The van der Waals surface area contributed by atoms with Crippen molar-refractivity contribution in [2.75, 3.05) is 6.54 Å². The summed E-state index contributed by atoms with van der Waals surface area (Å²) in [6, 6.07) is 3.96. The summed E-state index contributed by atoms with van der Waals surface area (Å²) in [5.74, 6) is -3.05. The molecule has 5 nitrogen and oxygen atoms in total. The van der Waals surface area contributed by atoms with Crippen LogP contribution in [0.4, 0.5) is 17.6 Å². The second-order valence-electron chi connectivity index (χ2n) is 5.20. The minimum atomic E-state index is -5.08. The van der Waals surface area contributed by atoms with E-state index < -0.39 is 18.0 Å². The monoisotopic (exact) mass is 370 g/mol. The number of nitrogens with one attached hydrogen (secondary N) is 1. The van der Waals surface area contributed by atoms with Gasteiger partial charge in [0.15, 0.2) is 0 Å². The molecule has 0 spiro atoms. The predicted octanol–water partition coefficient (Wildman–Crippen LogP) is 2.58. The summed E-state index contributed by atoms with van der Waals surface area (Å²) >= 11 is 5.69. The Balaban J connectivity index is 0.000000351. The molecule has 0 atom stereocenters. The Morgan fingerprint density at radius 1 is 1.29 bits per heavy atom. The van der Waals surface area contributed by atoms with Gasteiger partial charge < -0.3 is 16.2 Å². The smallest absolute Gasteiger partial charge is 0.475 e. The Morgan fingerprint density at radius 2 is 1.83 bits per heavy atom. The molecule has 134 valence electrons. The SMILES string of the molecule is NCC1CC(NC(=O)c2cc(F)cc(Cl)c2)C1.O=C(O)C(F)(F)F. The van der Waals surface area contributed by atoms with Crippen molar-refractivity contribution < 1.29 is 32.3 Å². The molecule has 1 aromatic rings. The molecule has 0 radical (unpaired) electrons. The van der Waals surface area contributed by atoms with Crippen molar-refractivity contribution in [3.63, 3.8) is 0 Å². The van der Waals surface area contributed by atoms with Crippen LogP contribution in [-0.2, 0) is 4.79 Å². The number of amides is 1. The number of alkyl halides is 3. The molecule has 1 aromatic carbocycles. The van der Waals surface area contributed by atoms with Crippen molar-refractivity contribution >= 4 is 23.5 Å². The van der Waals surface area contributed by atoms with Gasteiger partial charge in [-0.15, -0.1) is 0 Å². The van der Waals surface area contributed by atoms with Crippen molar-refractivity contribution in [2.24, 2.45) is 11.7 Å². The number of nitrogens with two attached hydrogens (primary N) is 1. The standard InChI is InChI=1S/C12H14ClFN2O.C2HF3O2/c13-9-3-8(4-10(14)5-9)12(17)16-11-1-7(2-11)6-15;3-2(4,5)1(6)7/h3-5,7,11H,1-2,6,15H2,(H,16,17);(H,6,7). The molecular weight excluding hydrogens is 356 g/mol. The highest BCUT2D eigenvalue weighted by molar-refractivity contribution is 6.31. The first-order valence-corrected chi connectivity index (χ1v) is 7.17. The number of halogens is 5. The second kappa shape index (κ2) is 8.29. The van der Waals surface area contributed by atoms with E-state index in [-0.39, 0.29) is 22.5 Å². The molecule has 4 N–H and O–H groups in total. The molecule has 1 aliphatic carbocycles. The van der Waals surface area contributed by atoms with E-state index in [1.807, 2.05) is 0 Å². The number of carboxylic acids is 1. The predicted molar refractivity (Wildman–Crippen MR) is 78.1 cm³/mol. The van der Waals surface area contributed by atoms with E-state index >= 15 is 0 Å². The molecule has 1 fully saturated rings. The van der Waals surface area contributed by atoms with E-state index in [1.165, 1.54) is 18.2 Å².